The van der Waals surface area contributed by atoms with Crippen molar-refractivity contribution in [3.8, 4) is 0 Å². The average Bonchev–Trinajstić information content (AvgIpc) is 2.99. The summed E-state index contributed by atoms with van der Waals surface area (Å²) in [6.45, 7) is 3.95. The van der Waals surface area contributed by atoms with Gasteiger partial charge in [0.05, 0.1) is 0 Å². The number of hydrogen-bond acceptors (Lipinski definition) is 3. The van der Waals surface area contributed by atoms with Crippen LogP contribution >= 0.6 is 0 Å². The van der Waals surface area contributed by atoms with E-state index in [0.717, 1.165) is 24.0 Å². The highest BCUT2D eigenvalue weighted by Gasteiger charge is 2.65. The van der Waals surface area contributed by atoms with Crippen molar-refractivity contribution >= 4 is 11.8 Å². The number of carbonyl (C=O) groups is 2. The molecular weight excluding hydrogens is 216 g/mol. The Bertz CT molecular complexity index is 540. The highest BCUT2D eigenvalue weighted by molar-refractivity contribution is 6.05. The molecule has 4 rings (SSSR count). The van der Waals surface area contributed by atoms with E-state index in [1.165, 1.54) is 0 Å². The maximum absolute atomic E-state index is 12.1. The Morgan fingerprint density at radius 3 is 2.94 bits per heavy atom. The molecule has 17 heavy (non-hydrogen) atoms. The number of rotatable bonds is 0. The van der Waals surface area contributed by atoms with Crippen molar-refractivity contribution in [2.24, 2.45) is 17.3 Å². The van der Waals surface area contributed by atoms with E-state index < -0.39 is 0 Å². The van der Waals surface area contributed by atoms with E-state index in [9.17, 15) is 9.59 Å². The maximum Gasteiger partial charge on any atom is 0.334 e. The van der Waals surface area contributed by atoms with Gasteiger partial charge in [0.25, 0.3) is 0 Å². The lowest BCUT2D eigenvalue weighted by Crippen LogP contribution is -2.32. The summed E-state index contributed by atoms with van der Waals surface area (Å²) >= 11 is 0. The van der Waals surface area contributed by atoms with E-state index in [-0.39, 0.29) is 23.4 Å². The number of esters is 1. The molecule has 88 valence electrons. The second-order valence-corrected chi connectivity index (χ2v) is 5.97. The van der Waals surface area contributed by atoms with Crippen LogP contribution in [-0.4, -0.2) is 17.9 Å². The summed E-state index contributed by atoms with van der Waals surface area (Å²) in [5, 5.41) is 0. The van der Waals surface area contributed by atoms with Gasteiger partial charge in [0.1, 0.15) is 6.10 Å². The lowest BCUT2D eigenvalue weighted by atomic mass is 9.70. The Morgan fingerprint density at radius 1 is 1.41 bits per heavy atom. The van der Waals surface area contributed by atoms with Crippen LogP contribution in [0.4, 0.5) is 0 Å². The third-order valence-electron chi connectivity index (χ3n) is 5.07. The number of allylic oxidation sites excluding steroid dienone is 1. The van der Waals surface area contributed by atoms with E-state index in [1.54, 1.807) is 6.92 Å². The van der Waals surface area contributed by atoms with Crippen LogP contribution in [0.25, 0.3) is 0 Å². The largest absolute Gasteiger partial charge is 0.454 e. The molecule has 0 aromatic heterocycles. The predicted octanol–water partition coefficient (Wildman–Crippen LogP) is 1.78. The summed E-state index contributed by atoms with van der Waals surface area (Å²) < 4.78 is 5.38. The highest BCUT2D eigenvalue weighted by Crippen LogP contribution is 2.66. The first-order valence-corrected chi connectivity index (χ1v) is 6.20. The molecule has 4 aliphatic rings. The smallest absolute Gasteiger partial charge is 0.334 e. The Labute approximate surface area is 99.5 Å². The van der Waals surface area contributed by atoms with Gasteiger partial charge in [-0.25, -0.2) is 4.79 Å². The van der Waals surface area contributed by atoms with Crippen LogP contribution in [-0.2, 0) is 14.3 Å². The zero-order valence-electron chi connectivity index (χ0n) is 9.95. The summed E-state index contributed by atoms with van der Waals surface area (Å²) in [7, 11) is 0. The van der Waals surface area contributed by atoms with Gasteiger partial charge in [0.2, 0.25) is 0 Å². The van der Waals surface area contributed by atoms with Crippen LogP contribution < -0.4 is 0 Å². The van der Waals surface area contributed by atoms with Crippen LogP contribution in [0.1, 0.15) is 26.7 Å². The van der Waals surface area contributed by atoms with Crippen molar-refractivity contribution in [1.29, 1.82) is 0 Å². The first kappa shape index (κ1) is 9.63. The number of carbonyl (C=O) groups excluding carboxylic acids is 2. The summed E-state index contributed by atoms with van der Waals surface area (Å²) in [4.78, 5) is 23.7. The van der Waals surface area contributed by atoms with E-state index in [4.69, 9.17) is 4.74 Å². The predicted molar refractivity (Wildman–Crippen MR) is 60.0 cm³/mol. The normalized spacial score (nSPS) is 46.2. The van der Waals surface area contributed by atoms with Crippen molar-refractivity contribution < 1.29 is 14.3 Å². The van der Waals surface area contributed by atoms with Gasteiger partial charge in [-0.2, -0.15) is 0 Å². The fourth-order valence-corrected chi connectivity index (χ4v) is 3.90. The van der Waals surface area contributed by atoms with Crippen molar-refractivity contribution in [2.75, 3.05) is 0 Å². The van der Waals surface area contributed by atoms with Gasteiger partial charge in [-0.05, 0) is 31.8 Å². The van der Waals surface area contributed by atoms with Crippen molar-refractivity contribution in [2.45, 2.75) is 32.8 Å². The summed E-state index contributed by atoms with van der Waals surface area (Å²) in [5.41, 5.74) is 2.53. The van der Waals surface area contributed by atoms with E-state index in [0.29, 0.717) is 17.3 Å². The number of Topliss-reactive ketones (excluding diaryl/α,β-unsaturated/α-hetero) is 1. The summed E-state index contributed by atoms with van der Waals surface area (Å²) in [6.07, 6.45) is 3.67. The molecule has 0 bridgehead atoms. The molecule has 2 saturated carbocycles. The van der Waals surface area contributed by atoms with Gasteiger partial charge < -0.3 is 4.74 Å². The number of ketones is 1. The Hall–Kier alpha value is -1.38. The molecule has 1 aliphatic heterocycles. The average molecular weight is 230 g/mol. The van der Waals surface area contributed by atoms with Gasteiger partial charge in [0.15, 0.2) is 5.78 Å². The minimum absolute atomic E-state index is 0.0409. The standard InChI is InChI=1S/C14H14O3/c1-6-7-3-10-12(15)8-4-9(8)14(10,2)5-11(7)17-13(6)16/h3,8-9,11H,4-5H2,1-2H3/t8-,9+,11+,14+/m0/s1. The van der Waals surface area contributed by atoms with E-state index >= 15 is 0 Å². The van der Waals surface area contributed by atoms with Crippen molar-refractivity contribution in [3.63, 3.8) is 0 Å². The monoisotopic (exact) mass is 230 g/mol. The van der Waals surface area contributed by atoms with Crippen LogP contribution in [0.5, 0.6) is 0 Å². The quantitative estimate of drug-likeness (QED) is 0.596. The first-order chi connectivity index (χ1) is 8.02. The molecule has 0 unspecified atom stereocenters. The molecule has 3 nitrogen and oxygen atoms in total. The molecule has 4 atom stereocenters. The fraction of sp³-hybridized carbons (Fsp3) is 0.571. The second kappa shape index (κ2) is 2.55. The third kappa shape index (κ3) is 0.946. The number of fused-ring (bicyclic) bond motifs is 4. The molecule has 2 fully saturated rings. The molecule has 0 amide bonds. The molecule has 3 aliphatic carbocycles. The lowest BCUT2D eigenvalue weighted by Gasteiger charge is -2.34. The van der Waals surface area contributed by atoms with Crippen LogP contribution in [0.3, 0.4) is 0 Å². The summed E-state index contributed by atoms with van der Waals surface area (Å²) in [6, 6.07) is 0. The van der Waals surface area contributed by atoms with Gasteiger partial charge in [0, 0.05) is 28.1 Å². The van der Waals surface area contributed by atoms with Crippen molar-refractivity contribution in [1.82, 2.24) is 0 Å². The van der Waals surface area contributed by atoms with E-state index in [1.807, 2.05) is 6.08 Å². The number of ether oxygens (including phenoxy) is 1. The summed E-state index contributed by atoms with van der Waals surface area (Å²) in [5.74, 6) is 0.866. The van der Waals surface area contributed by atoms with Gasteiger partial charge >= 0.3 is 5.97 Å². The van der Waals surface area contributed by atoms with Gasteiger partial charge in [-0.15, -0.1) is 0 Å². The molecule has 1 heterocycles. The third-order valence-corrected chi connectivity index (χ3v) is 5.07. The molecule has 0 saturated heterocycles. The van der Waals surface area contributed by atoms with Crippen LogP contribution in [0.15, 0.2) is 22.8 Å². The minimum atomic E-state index is -0.217. The fourth-order valence-electron chi connectivity index (χ4n) is 3.90. The zero-order chi connectivity index (χ0) is 11.9. The van der Waals surface area contributed by atoms with Gasteiger partial charge in [-0.3, -0.25) is 4.79 Å². The van der Waals surface area contributed by atoms with Crippen LogP contribution in [0, 0.1) is 17.3 Å². The highest BCUT2D eigenvalue weighted by atomic mass is 16.5. The zero-order valence-corrected chi connectivity index (χ0v) is 9.95. The number of hydrogen-bond donors (Lipinski definition) is 0. The Morgan fingerprint density at radius 2 is 2.18 bits per heavy atom. The topological polar surface area (TPSA) is 43.4 Å². The molecule has 0 aromatic carbocycles. The Balaban J connectivity index is 1.89. The first-order valence-electron chi connectivity index (χ1n) is 6.20. The SMILES string of the molecule is CC1=C2C=C3C(=O)[C@H]4C[C@H]4[C@@]3(C)C[C@H]2OC1=O. The minimum Gasteiger partial charge on any atom is -0.454 e. The molecule has 0 spiro atoms. The van der Waals surface area contributed by atoms with Crippen molar-refractivity contribution in [3.05, 3.63) is 22.8 Å². The molecule has 0 N–H and O–H groups in total. The maximum atomic E-state index is 12.1. The molecule has 0 aromatic rings. The Kier molecular flexibility index (Phi) is 1.44. The van der Waals surface area contributed by atoms with Crippen LogP contribution in [0.2, 0.25) is 0 Å². The molecule has 0 radical (unpaired) electrons. The van der Waals surface area contributed by atoms with Gasteiger partial charge in [-0.1, -0.05) is 6.92 Å². The molecular formula is C14H14O3. The lowest BCUT2D eigenvalue weighted by molar-refractivity contribution is -0.140. The van der Waals surface area contributed by atoms with E-state index in [2.05, 4.69) is 6.92 Å². The molecule has 3 heteroatoms. The second-order valence-electron chi connectivity index (χ2n) is 5.97.